The lowest BCUT2D eigenvalue weighted by Crippen LogP contribution is -2.40. The predicted molar refractivity (Wildman–Crippen MR) is 134 cm³/mol. The number of rotatable bonds is 3. The Morgan fingerprint density at radius 1 is 1.12 bits per heavy atom. The average Bonchev–Trinajstić information content (AvgIpc) is 3.37. The fraction of sp³-hybridized carbons (Fsp3) is 0.500. The Morgan fingerprint density at radius 3 is 2.56 bits per heavy atom. The van der Waals surface area contributed by atoms with Crippen LogP contribution in [-0.2, 0) is 4.79 Å². The molecule has 32 heavy (non-hydrogen) atoms. The van der Waals surface area contributed by atoms with E-state index < -0.39 is 0 Å². The molecule has 6 nitrogen and oxygen atoms in total. The molecule has 0 radical (unpaired) electrons. The summed E-state index contributed by atoms with van der Waals surface area (Å²) >= 11 is 6.87. The van der Waals surface area contributed by atoms with Gasteiger partial charge in [0.05, 0.1) is 10.5 Å². The highest BCUT2D eigenvalue weighted by Crippen LogP contribution is 2.38. The number of fused-ring (bicyclic) bond motifs is 1. The van der Waals surface area contributed by atoms with Crippen LogP contribution in [0.15, 0.2) is 34.1 Å². The molecule has 0 N–H and O–H groups in total. The van der Waals surface area contributed by atoms with Crippen LogP contribution >= 0.6 is 24.0 Å². The van der Waals surface area contributed by atoms with Crippen molar-refractivity contribution in [1.82, 2.24) is 14.3 Å². The third-order valence-corrected chi connectivity index (χ3v) is 8.04. The molecule has 0 bridgehead atoms. The molecule has 2 atom stereocenters. The van der Waals surface area contributed by atoms with Gasteiger partial charge >= 0.3 is 0 Å². The number of anilines is 1. The van der Waals surface area contributed by atoms with E-state index in [4.69, 9.17) is 17.2 Å². The summed E-state index contributed by atoms with van der Waals surface area (Å²) < 4.78 is 2.16. The monoisotopic (exact) mass is 468 g/mol. The molecule has 0 aromatic carbocycles. The van der Waals surface area contributed by atoms with E-state index in [2.05, 4.69) is 18.7 Å². The van der Waals surface area contributed by atoms with Gasteiger partial charge in [-0.25, -0.2) is 4.98 Å². The highest BCUT2D eigenvalue weighted by molar-refractivity contribution is 8.26. The van der Waals surface area contributed by atoms with Crippen molar-refractivity contribution >= 4 is 51.7 Å². The van der Waals surface area contributed by atoms with Gasteiger partial charge in [-0.05, 0) is 49.3 Å². The summed E-state index contributed by atoms with van der Waals surface area (Å²) in [5, 5.41) is 0. The Labute approximate surface area is 197 Å². The largest absolute Gasteiger partial charge is 0.355 e. The van der Waals surface area contributed by atoms with Gasteiger partial charge in [0, 0.05) is 25.3 Å². The molecule has 168 valence electrons. The zero-order valence-electron chi connectivity index (χ0n) is 18.5. The van der Waals surface area contributed by atoms with Crippen molar-refractivity contribution in [3.8, 4) is 0 Å². The normalized spacial score (nSPS) is 26.1. The van der Waals surface area contributed by atoms with Crippen molar-refractivity contribution in [2.45, 2.75) is 52.0 Å². The molecule has 3 fully saturated rings. The smallest absolute Gasteiger partial charge is 0.267 e. The molecule has 2 aromatic rings. The van der Waals surface area contributed by atoms with Crippen LogP contribution in [0.25, 0.3) is 11.7 Å². The highest BCUT2D eigenvalue weighted by Gasteiger charge is 2.38. The van der Waals surface area contributed by atoms with Gasteiger partial charge in [0.25, 0.3) is 11.5 Å². The summed E-state index contributed by atoms with van der Waals surface area (Å²) in [5.41, 5.74) is 0.943. The van der Waals surface area contributed by atoms with Gasteiger partial charge in [0.2, 0.25) is 0 Å². The standard InChI is InChI=1S/C24H28N4O2S2/c1-15-11-16(2)14-26(13-15)21-18(22(29)27-10-6-5-9-20(27)25-21)12-19-23(30)28(24(31)32-19)17-7-3-4-8-17/h5-6,9-10,12,15-17H,3-4,7-8,11,13-14H2,1-2H3/b19-12+. The number of thioether (sulfide) groups is 1. The van der Waals surface area contributed by atoms with Gasteiger partial charge in [-0.3, -0.25) is 18.9 Å². The Morgan fingerprint density at radius 2 is 1.84 bits per heavy atom. The molecule has 4 heterocycles. The van der Waals surface area contributed by atoms with Gasteiger partial charge in [-0.15, -0.1) is 0 Å². The summed E-state index contributed by atoms with van der Waals surface area (Å²) in [5.74, 6) is 1.63. The summed E-state index contributed by atoms with van der Waals surface area (Å²) in [4.78, 5) is 36.2. The van der Waals surface area contributed by atoms with E-state index in [9.17, 15) is 9.59 Å². The minimum atomic E-state index is -0.150. The topological polar surface area (TPSA) is 57.9 Å². The minimum Gasteiger partial charge on any atom is -0.355 e. The van der Waals surface area contributed by atoms with Crippen LogP contribution in [0.2, 0.25) is 0 Å². The fourth-order valence-corrected chi connectivity index (χ4v) is 6.76. The van der Waals surface area contributed by atoms with Crippen LogP contribution in [0.3, 0.4) is 0 Å². The van der Waals surface area contributed by atoms with Crippen molar-refractivity contribution in [1.29, 1.82) is 0 Å². The SMILES string of the molecule is CC1CC(C)CN(c2nc3ccccn3c(=O)c2/C=C2/SC(=S)N(C3CCCC3)C2=O)C1. The van der Waals surface area contributed by atoms with Crippen molar-refractivity contribution < 1.29 is 4.79 Å². The van der Waals surface area contributed by atoms with Crippen molar-refractivity contribution in [2.24, 2.45) is 11.8 Å². The minimum absolute atomic E-state index is 0.0733. The molecule has 0 spiro atoms. The molecule has 1 amide bonds. The van der Waals surface area contributed by atoms with E-state index >= 15 is 0 Å². The van der Waals surface area contributed by atoms with Crippen molar-refractivity contribution in [3.05, 3.63) is 45.2 Å². The maximum Gasteiger partial charge on any atom is 0.267 e. The number of carbonyl (C=O) groups excluding carboxylic acids is 1. The lowest BCUT2D eigenvalue weighted by atomic mass is 9.91. The Hall–Kier alpha value is -2.19. The molecule has 2 aliphatic heterocycles. The van der Waals surface area contributed by atoms with E-state index in [0.717, 1.165) is 38.8 Å². The second-order valence-electron chi connectivity index (χ2n) is 9.42. The van der Waals surface area contributed by atoms with Crippen LogP contribution in [-0.4, -0.2) is 43.6 Å². The zero-order chi connectivity index (χ0) is 22.4. The molecular formula is C24H28N4O2S2. The summed E-state index contributed by atoms with van der Waals surface area (Å²) in [6.07, 6.45) is 8.89. The Kier molecular flexibility index (Phi) is 5.84. The second kappa shape index (κ2) is 8.63. The van der Waals surface area contributed by atoms with Gasteiger partial charge in [-0.1, -0.05) is 56.7 Å². The lowest BCUT2D eigenvalue weighted by molar-refractivity contribution is -0.123. The molecule has 2 unspecified atom stereocenters. The number of pyridine rings is 1. The van der Waals surface area contributed by atoms with E-state index in [1.165, 1.54) is 18.2 Å². The van der Waals surface area contributed by atoms with Crippen LogP contribution in [0.5, 0.6) is 0 Å². The number of amides is 1. The third kappa shape index (κ3) is 3.88. The van der Waals surface area contributed by atoms with Crippen LogP contribution in [0, 0.1) is 11.8 Å². The van der Waals surface area contributed by atoms with E-state index in [0.29, 0.717) is 38.1 Å². The molecule has 2 saturated heterocycles. The van der Waals surface area contributed by atoms with Gasteiger partial charge in [0.1, 0.15) is 15.8 Å². The van der Waals surface area contributed by atoms with E-state index in [-0.39, 0.29) is 17.5 Å². The zero-order valence-corrected chi connectivity index (χ0v) is 20.1. The molecular weight excluding hydrogens is 440 g/mol. The number of nitrogens with zero attached hydrogens (tertiary/aromatic N) is 4. The number of aromatic nitrogens is 2. The quantitative estimate of drug-likeness (QED) is 0.494. The maximum atomic E-state index is 13.6. The first-order chi connectivity index (χ1) is 15.4. The van der Waals surface area contributed by atoms with E-state index in [1.54, 1.807) is 21.6 Å². The van der Waals surface area contributed by atoms with Crippen LogP contribution in [0.1, 0.15) is 51.5 Å². The van der Waals surface area contributed by atoms with Crippen LogP contribution in [0.4, 0.5) is 5.82 Å². The average molecular weight is 469 g/mol. The first-order valence-corrected chi connectivity index (χ1v) is 12.7. The van der Waals surface area contributed by atoms with Gasteiger partial charge in [0.15, 0.2) is 0 Å². The number of thiocarbonyl (C=S) groups is 1. The maximum absolute atomic E-state index is 13.6. The summed E-state index contributed by atoms with van der Waals surface area (Å²) in [6.45, 7) is 6.18. The molecule has 1 aliphatic carbocycles. The molecule has 2 aromatic heterocycles. The fourth-order valence-electron chi connectivity index (χ4n) is 5.38. The molecule has 1 saturated carbocycles. The van der Waals surface area contributed by atoms with E-state index in [1.807, 2.05) is 18.2 Å². The lowest BCUT2D eigenvalue weighted by Gasteiger charge is -2.36. The number of hydrogen-bond acceptors (Lipinski definition) is 6. The third-order valence-electron chi connectivity index (χ3n) is 6.71. The first-order valence-electron chi connectivity index (χ1n) is 11.5. The highest BCUT2D eigenvalue weighted by atomic mass is 32.2. The number of carbonyl (C=O) groups is 1. The van der Waals surface area contributed by atoms with Crippen molar-refractivity contribution in [2.75, 3.05) is 18.0 Å². The van der Waals surface area contributed by atoms with Gasteiger partial charge in [-0.2, -0.15) is 0 Å². The predicted octanol–water partition coefficient (Wildman–Crippen LogP) is 4.32. The molecule has 5 rings (SSSR count). The second-order valence-corrected chi connectivity index (χ2v) is 11.1. The van der Waals surface area contributed by atoms with Crippen LogP contribution < -0.4 is 10.5 Å². The van der Waals surface area contributed by atoms with Gasteiger partial charge < -0.3 is 4.90 Å². The summed E-state index contributed by atoms with van der Waals surface area (Å²) in [7, 11) is 0. The number of hydrogen-bond donors (Lipinski definition) is 0. The Bertz CT molecular complexity index is 1160. The summed E-state index contributed by atoms with van der Waals surface area (Å²) in [6, 6.07) is 5.75. The van der Waals surface area contributed by atoms with Crippen molar-refractivity contribution in [3.63, 3.8) is 0 Å². The molecule has 3 aliphatic rings. The Balaban J connectivity index is 1.61. The number of piperidine rings is 1. The molecule has 8 heteroatoms. The first kappa shape index (κ1) is 21.6.